The lowest BCUT2D eigenvalue weighted by Crippen LogP contribution is -2.36. The molecule has 0 fully saturated rings. The van der Waals surface area contributed by atoms with Gasteiger partial charge in [0.2, 0.25) is 11.2 Å². The second kappa shape index (κ2) is 9.63. The molecule has 0 atom stereocenters. The van der Waals surface area contributed by atoms with E-state index in [9.17, 15) is 32.3 Å². The summed E-state index contributed by atoms with van der Waals surface area (Å²) in [6.07, 6.45) is -5.10. The molecule has 2 heterocycles. The highest BCUT2D eigenvalue weighted by molar-refractivity contribution is 6.22. The molecule has 39 heavy (non-hydrogen) atoms. The summed E-state index contributed by atoms with van der Waals surface area (Å²) in [6, 6.07) is 14.7. The van der Waals surface area contributed by atoms with Crippen LogP contribution in [-0.4, -0.2) is 36.3 Å². The fourth-order valence-electron chi connectivity index (χ4n) is 3.94. The van der Waals surface area contributed by atoms with Gasteiger partial charge in [-0.15, -0.1) is 0 Å². The van der Waals surface area contributed by atoms with E-state index in [4.69, 9.17) is 18.6 Å². The average molecular weight is 539 g/mol. The molecule has 4 aromatic rings. The molecule has 0 N–H and O–H groups in total. The molecule has 0 spiro atoms. The predicted molar refractivity (Wildman–Crippen MR) is 128 cm³/mol. The van der Waals surface area contributed by atoms with Gasteiger partial charge in [0.15, 0.2) is 0 Å². The Morgan fingerprint density at radius 2 is 1.46 bits per heavy atom. The van der Waals surface area contributed by atoms with Gasteiger partial charge in [-0.3, -0.25) is 19.3 Å². The van der Waals surface area contributed by atoms with E-state index in [1.165, 1.54) is 43.5 Å². The molecule has 0 bridgehead atoms. The number of methoxy groups -OCH3 is 1. The smallest absolute Gasteiger partial charge is 0.453 e. The van der Waals surface area contributed by atoms with Crippen molar-refractivity contribution < 1.29 is 46.2 Å². The number of rotatable bonds is 6. The van der Waals surface area contributed by atoms with Crippen LogP contribution in [0.2, 0.25) is 0 Å². The van der Waals surface area contributed by atoms with Crippen LogP contribution in [0.1, 0.15) is 26.5 Å². The Labute approximate surface area is 216 Å². The highest BCUT2D eigenvalue weighted by atomic mass is 19.4. The number of nitrogens with zero attached hydrogens (tertiary/aromatic N) is 1. The third-order valence-electron chi connectivity index (χ3n) is 5.76. The Bertz CT molecular complexity index is 1660. The van der Waals surface area contributed by atoms with E-state index < -0.39 is 53.0 Å². The summed E-state index contributed by atoms with van der Waals surface area (Å²) >= 11 is 0. The summed E-state index contributed by atoms with van der Waals surface area (Å²) in [7, 11) is 1.41. The molecule has 0 aliphatic carbocycles. The van der Waals surface area contributed by atoms with Gasteiger partial charge < -0.3 is 18.6 Å². The minimum absolute atomic E-state index is 0.0633. The Hall–Kier alpha value is -5.13. The van der Waals surface area contributed by atoms with E-state index in [0.717, 1.165) is 18.2 Å². The van der Waals surface area contributed by atoms with Crippen molar-refractivity contribution >= 4 is 28.8 Å². The number of amides is 2. The van der Waals surface area contributed by atoms with Crippen molar-refractivity contribution in [2.45, 2.75) is 6.18 Å². The highest BCUT2D eigenvalue weighted by Crippen LogP contribution is 2.39. The number of hydrogen-bond donors (Lipinski definition) is 0. The Kier molecular flexibility index (Phi) is 6.30. The Balaban J connectivity index is 1.42. The first-order valence-electron chi connectivity index (χ1n) is 11.2. The van der Waals surface area contributed by atoms with Crippen LogP contribution in [-0.2, 0) is 11.0 Å². The molecular formula is C27H16F3NO8. The summed E-state index contributed by atoms with van der Waals surface area (Å²) in [5.41, 5.74) is -1.37. The normalized spacial score (nSPS) is 13.0. The topological polar surface area (TPSA) is 112 Å². The zero-order valence-electron chi connectivity index (χ0n) is 19.9. The number of benzene rings is 3. The van der Waals surface area contributed by atoms with Gasteiger partial charge in [0, 0.05) is 6.07 Å². The number of halogens is 3. The number of ether oxygens (including phenoxy) is 3. The van der Waals surface area contributed by atoms with Gasteiger partial charge in [-0.25, -0.2) is 4.79 Å². The van der Waals surface area contributed by atoms with Crippen LogP contribution in [0.4, 0.5) is 13.2 Å². The number of alkyl halides is 3. The van der Waals surface area contributed by atoms with Gasteiger partial charge in [-0.2, -0.15) is 13.2 Å². The fraction of sp³-hybridized carbons (Fsp3) is 0.111. The first-order chi connectivity index (χ1) is 18.6. The molecular weight excluding hydrogens is 523 g/mol. The van der Waals surface area contributed by atoms with E-state index in [1.54, 1.807) is 12.1 Å². The van der Waals surface area contributed by atoms with Crippen LogP contribution < -0.4 is 19.6 Å². The number of esters is 1. The summed E-state index contributed by atoms with van der Waals surface area (Å²) in [5, 5.41) is -0.272. The van der Waals surface area contributed by atoms with E-state index in [0.29, 0.717) is 10.6 Å². The van der Waals surface area contributed by atoms with Crippen LogP contribution in [0.3, 0.4) is 0 Å². The second-order valence-corrected chi connectivity index (χ2v) is 8.24. The SMILES string of the molecule is COc1ccc(Oc2c(C(F)(F)F)oc3cc(OC(=O)CN4C(=O)c5ccccc5C4=O)ccc3c2=O)cc1. The third kappa shape index (κ3) is 4.79. The minimum Gasteiger partial charge on any atom is -0.497 e. The zero-order chi connectivity index (χ0) is 27.9. The standard InChI is InChI=1S/C27H16F3NO8/c1-36-14-6-8-15(9-7-14)38-23-22(33)19-11-10-16(12-20(19)39-24(23)27(28,29)30)37-21(32)13-31-25(34)17-4-2-3-5-18(17)26(31)35/h2-12H,13H2,1H3. The summed E-state index contributed by atoms with van der Waals surface area (Å²) in [5.74, 6) is -5.08. The molecule has 3 aromatic carbocycles. The largest absolute Gasteiger partial charge is 0.497 e. The Morgan fingerprint density at radius 1 is 0.872 bits per heavy atom. The van der Waals surface area contributed by atoms with Gasteiger partial charge in [-0.05, 0) is 48.5 Å². The number of imide groups is 1. The van der Waals surface area contributed by atoms with Crippen molar-refractivity contribution in [1.29, 1.82) is 0 Å². The van der Waals surface area contributed by atoms with Crippen molar-refractivity contribution in [2.24, 2.45) is 0 Å². The minimum atomic E-state index is -5.10. The van der Waals surface area contributed by atoms with Crippen molar-refractivity contribution in [1.82, 2.24) is 4.90 Å². The first-order valence-corrected chi connectivity index (χ1v) is 11.2. The lowest BCUT2D eigenvalue weighted by molar-refractivity contribution is -0.154. The molecule has 0 unspecified atom stereocenters. The molecule has 1 aliphatic rings. The number of carbonyl (C=O) groups is 3. The lowest BCUT2D eigenvalue weighted by Gasteiger charge is -2.14. The molecule has 198 valence electrons. The van der Waals surface area contributed by atoms with E-state index >= 15 is 0 Å². The maximum Gasteiger partial charge on any atom is 0.453 e. The van der Waals surface area contributed by atoms with Crippen LogP contribution in [0.5, 0.6) is 23.0 Å². The molecule has 1 aliphatic heterocycles. The van der Waals surface area contributed by atoms with Crippen LogP contribution >= 0.6 is 0 Å². The first kappa shape index (κ1) is 25.5. The van der Waals surface area contributed by atoms with E-state index in [2.05, 4.69) is 0 Å². The van der Waals surface area contributed by atoms with Crippen LogP contribution in [0, 0.1) is 0 Å². The van der Waals surface area contributed by atoms with Gasteiger partial charge in [-0.1, -0.05) is 12.1 Å². The zero-order valence-corrected chi connectivity index (χ0v) is 19.9. The van der Waals surface area contributed by atoms with Gasteiger partial charge in [0.1, 0.15) is 29.4 Å². The number of hydrogen-bond acceptors (Lipinski definition) is 8. The molecule has 0 saturated heterocycles. The molecule has 9 nitrogen and oxygen atoms in total. The predicted octanol–water partition coefficient (Wildman–Crippen LogP) is 4.81. The lowest BCUT2D eigenvalue weighted by atomic mass is 10.1. The van der Waals surface area contributed by atoms with Gasteiger partial charge in [0.25, 0.3) is 17.6 Å². The monoisotopic (exact) mass is 539 g/mol. The average Bonchev–Trinajstić information content (AvgIpc) is 3.14. The highest BCUT2D eigenvalue weighted by Gasteiger charge is 2.41. The molecule has 5 rings (SSSR count). The maximum atomic E-state index is 13.8. The van der Waals surface area contributed by atoms with Gasteiger partial charge in [0.05, 0.1) is 23.6 Å². The summed E-state index contributed by atoms with van der Waals surface area (Å²) < 4.78 is 61.8. The number of carbonyl (C=O) groups excluding carboxylic acids is 3. The van der Waals surface area contributed by atoms with Crippen LogP contribution in [0.25, 0.3) is 11.0 Å². The fourth-order valence-corrected chi connectivity index (χ4v) is 3.94. The van der Waals surface area contributed by atoms with E-state index in [-0.39, 0.29) is 28.0 Å². The molecule has 1 aromatic heterocycles. The number of fused-ring (bicyclic) bond motifs is 2. The van der Waals surface area contributed by atoms with Gasteiger partial charge >= 0.3 is 12.1 Å². The summed E-state index contributed by atoms with van der Waals surface area (Å²) in [6.45, 7) is -0.739. The van der Waals surface area contributed by atoms with Crippen molar-refractivity contribution in [3.05, 3.63) is 93.8 Å². The molecule has 12 heteroatoms. The Morgan fingerprint density at radius 3 is 2.05 bits per heavy atom. The maximum absolute atomic E-state index is 13.8. The van der Waals surface area contributed by atoms with Crippen LogP contribution in [0.15, 0.2) is 75.9 Å². The van der Waals surface area contributed by atoms with Crippen molar-refractivity contribution in [3.63, 3.8) is 0 Å². The molecule has 2 amide bonds. The van der Waals surface area contributed by atoms with Crippen molar-refractivity contribution in [3.8, 4) is 23.0 Å². The quantitative estimate of drug-likeness (QED) is 0.195. The molecule has 0 radical (unpaired) electrons. The van der Waals surface area contributed by atoms with E-state index in [1.807, 2.05) is 0 Å². The second-order valence-electron chi connectivity index (χ2n) is 8.24. The summed E-state index contributed by atoms with van der Waals surface area (Å²) in [4.78, 5) is 51.0. The van der Waals surface area contributed by atoms with Crippen molar-refractivity contribution in [2.75, 3.05) is 13.7 Å². The third-order valence-corrected chi connectivity index (χ3v) is 5.76. The molecule has 0 saturated carbocycles.